The summed E-state index contributed by atoms with van der Waals surface area (Å²) in [5.74, 6) is -0.844. The van der Waals surface area contributed by atoms with Gasteiger partial charge in [-0.25, -0.2) is 0 Å². The van der Waals surface area contributed by atoms with Gasteiger partial charge in [0.15, 0.2) is 0 Å². The Bertz CT molecular complexity index is 312. The molecule has 1 N–H and O–H groups in total. The van der Waals surface area contributed by atoms with Crippen molar-refractivity contribution >= 4 is 34.5 Å². The molecule has 1 rings (SSSR count). The molecule has 0 unspecified atom stereocenters. The van der Waals surface area contributed by atoms with E-state index in [1.807, 2.05) is 6.07 Å². The van der Waals surface area contributed by atoms with Crippen molar-refractivity contribution in [2.45, 2.75) is 11.3 Å². The van der Waals surface area contributed by atoms with Crippen LogP contribution in [0.4, 0.5) is 0 Å². The highest BCUT2D eigenvalue weighted by Crippen LogP contribution is 2.19. The molecule has 0 spiro atoms. The molecule has 0 saturated heterocycles. The van der Waals surface area contributed by atoms with Crippen molar-refractivity contribution in [3.8, 4) is 0 Å². The fourth-order valence-electron chi connectivity index (χ4n) is 0.859. The number of carboxylic acid groups (broad SMARTS) is 1. The van der Waals surface area contributed by atoms with Gasteiger partial charge in [-0.15, -0.1) is 12.6 Å². The lowest BCUT2D eigenvalue weighted by Crippen LogP contribution is -2.00. The summed E-state index contributed by atoms with van der Waals surface area (Å²) in [5, 5.41) is 8.53. The third-order valence-corrected chi connectivity index (χ3v) is 2.31. The molecule has 64 valence electrons. The maximum atomic E-state index is 10.4. The van der Waals surface area contributed by atoms with Crippen LogP contribution >= 0.6 is 28.6 Å². The van der Waals surface area contributed by atoms with Crippen LogP contribution in [0.1, 0.15) is 5.56 Å². The Morgan fingerprint density at radius 2 is 2.25 bits per heavy atom. The predicted molar refractivity (Wildman–Crippen MR) is 52.7 cm³/mol. The molecule has 12 heavy (non-hydrogen) atoms. The van der Waals surface area contributed by atoms with Crippen LogP contribution in [0.25, 0.3) is 0 Å². The van der Waals surface area contributed by atoms with E-state index >= 15 is 0 Å². The number of carbonyl (C=O) groups is 1. The molecule has 0 aliphatic heterocycles. The Balaban J connectivity index is 2.97. The first kappa shape index (κ1) is 9.61. The standard InChI is InChI=1S/C8H7BrO2S/c9-6-1-2-7(12)5(3-6)4-8(10)11/h1-3,12H,4H2,(H,10,11). The summed E-state index contributed by atoms with van der Waals surface area (Å²) in [6.45, 7) is 0. The minimum absolute atomic E-state index is 0.0122. The van der Waals surface area contributed by atoms with Crippen LogP contribution in [0.15, 0.2) is 27.6 Å². The predicted octanol–water partition coefficient (Wildman–Crippen LogP) is 2.36. The van der Waals surface area contributed by atoms with Gasteiger partial charge in [-0.1, -0.05) is 15.9 Å². The number of benzene rings is 1. The minimum atomic E-state index is -0.844. The lowest BCUT2D eigenvalue weighted by molar-refractivity contribution is -0.136. The highest BCUT2D eigenvalue weighted by molar-refractivity contribution is 9.10. The van der Waals surface area contributed by atoms with E-state index in [2.05, 4.69) is 28.6 Å². The number of aliphatic carboxylic acids is 1. The Hall–Kier alpha value is -0.480. The molecule has 1 aromatic rings. The van der Waals surface area contributed by atoms with Gasteiger partial charge >= 0.3 is 5.97 Å². The third-order valence-electron chi connectivity index (χ3n) is 1.38. The number of hydrogen-bond acceptors (Lipinski definition) is 2. The second-order valence-electron chi connectivity index (χ2n) is 2.34. The number of rotatable bonds is 2. The van der Waals surface area contributed by atoms with Crippen LogP contribution in [0.2, 0.25) is 0 Å². The lowest BCUT2D eigenvalue weighted by atomic mass is 10.1. The van der Waals surface area contributed by atoms with Crippen LogP contribution in [0.3, 0.4) is 0 Å². The van der Waals surface area contributed by atoms with Crippen molar-refractivity contribution in [1.82, 2.24) is 0 Å². The molecule has 0 amide bonds. The van der Waals surface area contributed by atoms with Crippen LogP contribution in [-0.4, -0.2) is 11.1 Å². The van der Waals surface area contributed by atoms with Gasteiger partial charge in [-0.05, 0) is 23.8 Å². The average Bonchev–Trinajstić information content (AvgIpc) is 1.96. The summed E-state index contributed by atoms with van der Waals surface area (Å²) in [6.07, 6.45) is 0.0122. The van der Waals surface area contributed by atoms with Gasteiger partial charge in [-0.3, -0.25) is 4.79 Å². The number of hydrogen-bond donors (Lipinski definition) is 2. The van der Waals surface area contributed by atoms with E-state index in [0.29, 0.717) is 4.90 Å². The summed E-state index contributed by atoms with van der Waals surface area (Å²) in [7, 11) is 0. The summed E-state index contributed by atoms with van der Waals surface area (Å²) in [4.78, 5) is 11.1. The average molecular weight is 247 g/mol. The van der Waals surface area contributed by atoms with Gasteiger partial charge in [0.1, 0.15) is 0 Å². The van der Waals surface area contributed by atoms with Crippen LogP contribution in [0, 0.1) is 0 Å². The smallest absolute Gasteiger partial charge is 0.307 e. The zero-order valence-corrected chi connectivity index (χ0v) is 8.60. The van der Waals surface area contributed by atoms with Gasteiger partial charge in [0, 0.05) is 9.37 Å². The monoisotopic (exact) mass is 246 g/mol. The molecule has 0 heterocycles. The van der Waals surface area contributed by atoms with Crippen LogP contribution in [0.5, 0.6) is 0 Å². The first-order chi connectivity index (χ1) is 5.59. The zero-order chi connectivity index (χ0) is 9.14. The summed E-state index contributed by atoms with van der Waals surface area (Å²) in [5.41, 5.74) is 0.722. The summed E-state index contributed by atoms with van der Waals surface area (Å²) in [6, 6.07) is 5.36. The molecule has 0 bridgehead atoms. The van der Waals surface area contributed by atoms with Crippen molar-refractivity contribution in [2.24, 2.45) is 0 Å². The van der Waals surface area contributed by atoms with E-state index in [9.17, 15) is 4.79 Å². The van der Waals surface area contributed by atoms with Crippen molar-refractivity contribution < 1.29 is 9.90 Å². The molecule has 0 saturated carbocycles. The van der Waals surface area contributed by atoms with E-state index < -0.39 is 5.97 Å². The van der Waals surface area contributed by atoms with Crippen molar-refractivity contribution in [3.63, 3.8) is 0 Å². The third kappa shape index (κ3) is 2.53. The fourth-order valence-corrected chi connectivity index (χ4v) is 1.49. The quantitative estimate of drug-likeness (QED) is 0.787. The molecule has 4 heteroatoms. The first-order valence-electron chi connectivity index (χ1n) is 3.29. The Morgan fingerprint density at radius 1 is 1.58 bits per heavy atom. The molecule has 0 aliphatic rings. The zero-order valence-electron chi connectivity index (χ0n) is 6.12. The first-order valence-corrected chi connectivity index (χ1v) is 4.53. The summed E-state index contributed by atoms with van der Waals surface area (Å²) >= 11 is 7.39. The second-order valence-corrected chi connectivity index (χ2v) is 3.74. The molecule has 0 radical (unpaired) electrons. The van der Waals surface area contributed by atoms with Crippen LogP contribution in [-0.2, 0) is 11.2 Å². The highest BCUT2D eigenvalue weighted by atomic mass is 79.9. The van der Waals surface area contributed by atoms with E-state index in [1.165, 1.54) is 0 Å². The van der Waals surface area contributed by atoms with E-state index in [1.54, 1.807) is 12.1 Å². The molecule has 1 aromatic carbocycles. The minimum Gasteiger partial charge on any atom is -0.481 e. The van der Waals surface area contributed by atoms with Gasteiger partial charge < -0.3 is 5.11 Å². The number of halogens is 1. The summed E-state index contributed by atoms with van der Waals surface area (Å²) < 4.78 is 0.872. The van der Waals surface area contributed by atoms with Gasteiger partial charge in [0.25, 0.3) is 0 Å². The topological polar surface area (TPSA) is 37.3 Å². The molecule has 0 aromatic heterocycles. The maximum Gasteiger partial charge on any atom is 0.307 e. The molecular weight excluding hydrogens is 240 g/mol. The van der Waals surface area contributed by atoms with Crippen molar-refractivity contribution in [1.29, 1.82) is 0 Å². The SMILES string of the molecule is O=C(O)Cc1cc(Br)ccc1S. The van der Waals surface area contributed by atoms with E-state index in [0.717, 1.165) is 10.0 Å². The molecule has 0 aliphatic carbocycles. The Labute approximate surface area is 84.1 Å². The second kappa shape index (κ2) is 3.96. The Morgan fingerprint density at radius 3 is 2.83 bits per heavy atom. The van der Waals surface area contributed by atoms with Gasteiger partial charge in [0.2, 0.25) is 0 Å². The van der Waals surface area contributed by atoms with Gasteiger partial charge in [0.05, 0.1) is 6.42 Å². The lowest BCUT2D eigenvalue weighted by Gasteiger charge is -2.01. The van der Waals surface area contributed by atoms with E-state index in [-0.39, 0.29) is 6.42 Å². The maximum absolute atomic E-state index is 10.4. The molecular formula is C8H7BrO2S. The Kier molecular flexibility index (Phi) is 3.17. The fraction of sp³-hybridized carbons (Fsp3) is 0.125. The van der Waals surface area contributed by atoms with Gasteiger partial charge in [-0.2, -0.15) is 0 Å². The molecule has 2 nitrogen and oxygen atoms in total. The number of thiol groups is 1. The van der Waals surface area contributed by atoms with Crippen molar-refractivity contribution in [3.05, 3.63) is 28.2 Å². The number of carboxylic acids is 1. The molecule has 0 atom stereocenters. The van der Waals surface area contributed by atoms with Crippen molar-refractivity contribution in [2.75, 3.05) is 0 Å². The largest absolute Gasteiger partial charge is 0.481 e. The molecule has 0 fully saturated rings. The normalized spacial score (nSPS) is 9.83. The van der Waals surface area contributed by atoms with E-state index in [4.69, 9.17) is 5.11 Å². The van der Waals surface area contributed by atoms with Crippen LogP contribution < -0.4 is 0 Å². The highest BCUT2D eigenvalue weighted by Gasteiger charge is 2.04.